The number of hydrogen-bond donors (Lipinski definition) is 0. The summed E-state index contributed by atoms with van der Waals surface area (Å²) >= 11 is 5.84. The number of hydrogen-bond acceptors (Lipinski definition) is 4. The van der Waals surface area contributed by atoms with Gasteiger partial charge in [0.2, 0.25) is 0 Å². The molecule has 17 heavy (non-hydrogen) atoms. The lowest BCUT2D eigenvalue weighted by molar-refractivity contribution is 0.0601. The number of esters is 1. The van der Waals surface area contributed by atoms with Gasteiger partial charge < -0.3 is 4.74 Å². The van der Waals surface area contributed by atoms with Crippen molar-refractivity contribution in [2.45, 2.75) is 0 Å². The van der Waals surface area contributed by atoms with Gasteiger partial charge in [0.1, 0.15) is 5.15 Å². The lowest BCUT2D eigenvalue weighted by Crippen LogP contribution is -2.05. The molecule has 0 aliphatic carbocycles. The second-order valence-corrected chi connectivity index (χ2v) is 3.64. The van der Waals surface area contributed by atoms with Crippen LogP contribution < -0.4 is 0 Å². The molecule has 5 heteroatoms. The summed E-state index contributed by atoms with van der Waals surface area (Å²) in [5.74, 6) is -0.444. The van der Waals surface area contributed by atoms with Crippen molar-refractivity contribution in [3.63, 3.8) is 0 Å². The third-order valence-corrected chi connectivity index (χ3v) is 2.43. The monoisotopic (exact) mass is 248 g/mol. The fraction of sp³-hybridized carbons (Fsp3) is 0.0833. The summed E-state index contributed by atoms with van der Waals surface area (Å²) in [4.78, 5) is 19.7. The van der Waals surface area contributed by atoms with E-state index in [-0.39, 0.29) is 0 Å². The number of halogens is 1. The Morgan fingerprint density at radius 3 is 2.59 bits per heavy atom. The van der Waals surface area contributed by atoms with E-state index in [1.165, 1.54) is 7.11 Å². The van der Waals surface area contributed by atoms with Gasteiger partial charge >= 0.3 is 5.97 Å². The molecular weight excluding hydrogens is 240 g/mol. The summed E-state index contributed by atoms with van der Waals surface area (Å²) in [6.07, 6.45) is 3.25. The van der Waals surface area contributed by atoms with Crippen LogP contribution in [0, 0.1) is 0 Å². The molecule has 0 aliphatic heterocycles. The molecule has 2 rings (SSSR count). The highest BCUT2D eigenvalue weighted by molar-refractivity contribution is 6.29. The molecule has 0 N–H and O–H groups in total. The number of carbonyl (C=O) groups excluding carboxylic acids is 1. The van der Waals surface area contributed by atoms with E-state index in [1.807, 2.05) is 0 Å². The van der Waals surface area contributed by atoms with Gasteiger partial charge in [0.15, 0.2) is 0 Å². The Morgan fingerprint density at radius 2 is 1.94 bits per heavy atom. The van der Waals surface area contributed by atoms with Gasteiger partial charge in [0.05, 0.1) is 18.4 Å². The molecule has 0 radical (unpaired) electrons. The van der Waals surface area contributed by atoms with Gasteiger partial charge in [-0.25, -0.2) is 9.78 Å². The number of aromatic nitrogens is 2. The Balaban J connectivity index is 2.59. The maximum atomic E-state index is 11.6. The Morgan fingerprint density at radius 1 is 1.24 bits per heavy atom. The fourth-order valence-electron chi connectivity index (χ4n) is 1.44. The van der Waals surface area contributed by atoms with E-state index in [2.05, 4.69) is 9.97 Å². The summed E-state index contributed by atoms with van der Waals surface area (Å²) in [5.41, 5.74) is 1.64. The van der Waals surface area contributed by atoms with Gasteiger partial charge in [-0.05, 0) is 24.3 Å². The second-order valence-electron chi connectivity index (χ2n) is 3.26. The molecule has 0 bridgehead atoms. The fourth-order valence-corrected chi connectivity index (χ4v) is 1.59. The number of ether oxygens (including phenoxy) is 1. The smallest absolute Gasteiger partial charge is 0.340 e. The zero-order valence-corrected chi connectivity index (χ0v) is 9.81. The molecule has 0 saturated carbocycles. The van der Waals surface area contributed by atoms with Crippen LogP contribution >= 0.6 is 11.6 Å². The first kappa shape index (κ1) is 11.5. The topological polar surface area (TPSA) is 52.1 Å². The van der Waals surface area contributed by atoms with Crippen LogP contribution in [0.25, 0.3) is 11.3 Å². The van der Waals surface area contributed by atoms with Gasteiger partial charge in [0.25, 0.3) is 0 Å². The standard InChI is InChI=1S/C12H9ClN2O2/c1-17-12(16)9-2-3-10(13)15-11(9)8-4-6-14-7-5-8/h2-7H,1H3. The molecule has 0 atom stereocenters. The minimum atomic E-state index is -0.444. The van der Waals surface area contributed by atoms with E-state index in [4.69, 9.17) is 16.3 Å². The van der Waals surface area contributed by atoms with Crippen LogP contribution in [-0.4, -0.2) is 23.0 Å². The van der Waals surface area contributed by atoms with Gasteiger partial charge in [0, 0.05) is 18.0 Å². The summed E-state index contributed by atoms with van der Waals surface area (Å²) in [6, 6.07) is 6.66. The number of carbonyl (C=O) groups is 1. The summed E-state index contributed by atoms with van der Waals surface area (Å²) in [7, 11) is 1.33. The maximum absolute atomic E-state index is 11.6. The van der Waals surface area contributed by atoms with Crippen LogP contribution in [0.2, 0.25) is 5.15 Å². The van der Waals surface area contributed by atoms with Crippen LogP contribution in [0.3, 0.4) is 0 Å². The molecule has 2 heterocycles. The quantitative estimate of drug-likeness (QED) is 0.606. The first-order valence-electron chi connectivity index (χ1n) is 4.87. The van der Waals surface area contributed by atoms with E-state index in [1.54, 1.807) is 36.7 Å². The predicted molar refractivity (Wildman–Crippen MR) is 63.8 cm³/mol. The van der Waals surface area contributed by atoms with Crippen molar-refractivity contribution in [2.75, 3.05) is 7.11 Å². The normalized spacial score (nSPS) is 10.0. The minimum absolute atomic E-state index is 0.324. The molecule has 2 aromatic heterocycles. The van der Waals surface area contributed by atoms with Gasteiger partial charge in [-0.3, -0.25) is 4.98 Å². The molecule has 0 spiro atoms. The van der Waals surface area contributed by atoms with Crippen LogP contribution in [0.4, 0.5) is 0 Å². The highest BCUT2D eigenvalue weighted by Crippen LogP contribution is 2.23. The zero-order chi connectivity index (χ0) is 12.3. The highest BCUT2D eigenvalue weighted by atomic mass is 35.5. The molecule has 86 valence electrons. The van der Waals surface area contributed by atoms with Gasteiger partial charge in [-0.1, -0.05) is 11.6 Å². The summed E-state index contributed by atoms with van der Waals surface area (Å²) in [5, 5.41) is 0.324. The van der Waals surface area contributed by atoms with E-state index in [9.17, 15) is 4.79 Å². The molecule has 0 unspecified atom stereocenters. The Labute approximate surface area is 103 Å². The van der Waals surface area contributed by atoms with E-state index in [0.717, 1.165) is 5.56 Å². The van der Waals surface area contributed by atoms with Crippen LogP contribution in [0.5, 0.6) is 0 Å². The van der Waals surface area contributed by atoms with Crippen molar-refractivity contribution in [3.05, 3.63) is 47.4 Å². The van der Waals surface area contributed by atoms with Crippen LogP contribution in [-0.2, 0) is 4.74 Å². The Hall–Kier alpha value is -1.94. The first-order chi connectivity index (χ1) is 8.22. The van der Waals surface area contributed by atoms with Gasteiger partial charge in [-0.2, -0.15) is 0 Å². The molecule has 2 aromatic rings. The van der Waals surface area contributed by atoms with Crippen LogP contribution in [0.15, 0.2) is 36.7 Å². The lowest BCUT2D eigenvalue weighted by atomic mass is 10.1. The number of pyridine rings is 2. The molecular formula is C12H9ClN2O2. The number of nitrogens with zero attached hydrogens (tertiary/aromatic N) is 2. The first-order valence-corrected chi connectivity index (χ1v) is 5.25. The van der Waals surface area contributed by atoms with Crippen molar-refractivity contribution >= 4 is 17.6 Å². The maximum Gasteiger partial charge on any atom is 0.340 e. The van der Waals surface area contributed by atoms with E-state index < -0.39 is 5.97 Å². The van der Waals surface area contributed by atoms with Crippen LogP contribution in [0.1, 0.15) is 10.4 Å². The predicted octanol–water partition coefficient (Wildman–Crippen LogP) is 2.58. The zero-order valence-electron chi connectivity index (χ0n) is 9.05. The van der Waals surface area contributed by atoms with E-state index >= 15 is 0 Å². The SMILES string of the molecule is COC(=O)c1ccc(Cl)nc1-c1ccncc1. The van der Waals surface area contributed by atoms with Crippen molar-refractivity contribution in [2.24, 2.45) is 0 Å². The van der Waals surface area contributed by atoms with Crippen molar-refractivity contribution in [1.29, 1.82) is 0 Å². The highest BCUT2D eigenvalue weighted by Gasteiger charge is 2.14. The average molecular weight is 249 g/mol. The number of methoxy groups -OCH3 is 1. The molecule has 0 fully saturated rings. The lowest BCUT2D eigenvalue weighted by Gasteiger charge is -2.07. The number of rotatable bonds is 2. The summed E-state index contributed by atoms with van der Waals surface area (Å²) < 4.78 is 4.70. The largest absolute Gasteiger partial charge is 0.465 e. The molecule has 0 saturated heterocycles. The van der Waals surface area contributed by atoms with Crippen molar-refractivity contribution in [3.8, 4) is 11.3 Å². The third-order valence-electron chi connectivity index (χ3n) is 2.22. The van der Waals surface area contributed by atoms with E-state index in [0.29, 0.717) is 16.4 Å². The average Bonchev–Trinajstić information content (AvgIpc) is 2.39. The molecule has 0 aromatic carbocycles. The van der Waals surface area contributed by atoms with Crippen molar-refractivity contribution in [1.82, 2.24) is 9.97 Å². The summed E-state index contributed by atoms with van der Waals surface area (Å²) in [6.45, 7) is 0. The van der Waals surface area contributed by atoms with Gasteiger partial charge in [-0.15, -0.1) is 0 Å². The minimum Gasteiger partial charge on any atom is -0.465 e. The molecule has 4 nitrogen and oxygen atoms in total. The van der Waals surface area contributed by atoms with Crippen molar-refractivity contribution < 1.29 is 9.53 Å². The second kappa shape index (κ2) is 4.93. The molecule has 0 amide bonds. The molecule has 0 aliphatic rings. The third kappa shape index (κ3) is 2.42. The Bertz CT molecular complexity index is 543. The Kier molecular flexibility index (Phi) is 3.35.